The van der Waals surface area contributed by atoms with Crippen LogP contribution < -0.4 is 10.6 Å². The Balaban J connectivity index is 1.68. The molecule has 2 aliphatic heterocycles. The molecule has 0 aromatic heterocycles. The molecule has 3 rings (SSSR count). The number of rotatable bonds is 1. The molecule has 0 radical (unpaired) electrons. The van der Waals surface area contributed by atoms with Crippen LogP contribution in [-0.2, 0) is 0 Å². The number of aryl methyl sites for hydroxylation is 1. The molecular formula is C15H21N3O. The van der Waals surface area contributed by atoms with Gasteiger partial charge in [-0.05, 0) is 43.4 Å². The Bertz CT molecular complexity index is 488. The van der Waals surface area contributed by atoms with E-state index in [1.807, 2.05) is 36.1 Å². The van der Waals surface area contributed by atoms with Gasteiger partial charge >= 0.3 is 6.03 Å². The van der Waals surface area contributed by atoms with Crippen LogP contribution in [0.25, 0.3) is 0 Å². The summed E-state index contributed by atoms with van der Waals surface area (Å²) in [7, 11) is 0. The first-order chi connectivity index (χ1) is 9.15. The van der Waals surface area contributed by atoms with E-state index < -0.39 is 0 Å². The fourth-order valence-corrected chi connectivity index (χ4v) is 3.35. The van der Waals surface area contributed by atoms with E-state index in [4.69, 9.17) is 0 Å². The number of nitrogens with zero attached hydrogens (tertiary/aromatic N) is 1. The maximum atomic E-state index is 12.4. The molecule has 0 aliphatic carbocycles. The van der Waals surface area contributed by atoms with Gasteiger partial charge in [0.25, 0.3) is 0 Å². The molecule has 2 aliphatic rings. The number of carbonyl (C=O) groups excluding carboxylic acids is 1. The Morgan fingerprint density at radius 2 is 2.26 bits per heavy atom. The van der Waals surface area contributed by atoms with Crippen molar-refractivity contribution in [3.63, 3.8) is 0 Å². The van der Waals surface area contributed by atoms with Crippen molar-refractivity contribution in [3.05, 3.63) is 29.8 Å². The average Bonchev–Trinajstić information content (AvgIpc) is 2.93. The Kier molecular flexibility index (Phi) is 3.19. The quantitative estimate of drug-likeness (QED) is 0.811. The number of urea groups is 1. The van der Waals surface area contributed by atoms with Gasteiger partial charge in [0, 0.05) is 31.4 Å². The second-order valence-corrected chi connectivity index (χ2v) is 5.77. The second-order valence-electron chi connectivity index (χ2n) is 5.77. The van der Waals surface area contributed by atoms with Crippen LogP contribution in [0.3, 0.4) is 0 Å². The molecule has 2 fully saturated rings. The zero-order valence-corrected chi connectivity index (χ0v) is 11.5. The van der Waals surface area contributed by atoms with Crippen molar-refractivity contribution in [2.24, 2.45) is 11.8 Å². The number of hydrogen-bond donors (Lipinski definition) is 2. The molecule has 2 saturated heterocycles. The van der Waals surface area contributed by atoms with Gasteiger partial charge in [0.15, 0.2) is 0 Å². The largest absolute Gasteiger partial charge is 0.322 e. The van der Waals surface area contributed by atoms with E-state index in [0.29, 0.717) is 17.9 Å². The van der Waals surface area contributed by atoms with Gasteiger partial charge < -0.3 is 15.5 Å². The number of benzene rings is 1. The highest BCUT2D eigenvalue weighted by Crippen LogP contribution is 2.32. The van der Waals surface area contributed by atoms with Gasteiger partial charge in [-0.2, -0.15) is 0 Å². The molecule has 0 saturated carbocycles. The SMILES string of the molecule is Cc1cccc(NC(=O)N2CC3CNCC3C2C)c1. The number of hydrogen-bond acceptors (Lipinski definition) is 2. The second kappa shape index (κ2) is 4.85. The van der Waals surface area contributed by atoms with E-state index in [1.54, 1.807) is 0 Å². The predicted octanol–water partition coefficient (Wildman–Crippen LogP) is 2.07. The summed E-state index contributed by atoms with van der Waals surface area (Å²) in [5.41, 5.74) is 2.04. The van der Waals surface area contributed by atoms with Gasteiger partial charge in [-0.15, -0.1) is 0 Å². The van der Waals surface area contributed by atoms with Crippen LogP contribution in [-0.4, -0.2) is 36.6 Å². The van der Waals surface area contributed by atoms with Gasteiger partial charge in [-0.3, -0.25) is 0 Å². The summed E-state index contributed by atoms with van der Waals surface area (Å²) in [5.74, 6) is 1.24. The van der Waals surface area contributed by atoms with Crippen LogP contribution >= 0.6 is 0 Å². The van der Waals surface area contributed by atoms with Gasteiger partial charge in [0.1, 0.15) is 0 Å². The first-order valence-corrected chi connectivity index (χ1v) is 7.00. The lowest BCUT2D eigenvalue weighted by Crippen LogP contribution is -2.40. The first kappa shape index (κ1) is 12.5. The van der Waals surface area contributed by atoms with Crippen LogP contribution in [0.15, 0.2) is 24.3 Å². The van der Waals surface area contributed by atoms with Crippen LogP contribution in [0.1, 0.15) is 12.5 Å². The molecule has 102 valence electrons. The van der Waals surface area contributed by atoms with Gasteiger partial charge in [-0.1, -0.05) is 12.1 Å². The summed E-state index contributed by atoms with van der Waals surface area (Å²) in [4.78, 5) is 14.3. The molecule has 0 spiro atoms. The van der Waals surface area contributed by atoms with Crippen molar-refractivity contribution in [1.82, 2.24) is 10.2 Å². The summed E-state index contributed by atoms with van der Waals surface area (Å²) in [5, 5.41) is 6.42. The zero-order chi connectivity index (χ0) is 13.4. The zero-order valence-electron chi connectivity index (χ0n) is 11.5. The number of nitrogens with one attached hydrogen (secondary N) is 2. The van der Waals surface area contributed by atoms with Crippen molar-refractivity contribution >= 4 is 11.7 Å². The predicted molar refractivity (Wildman–Crippen MR) is 76.2 cm³/mol. The normalized spacial score (nSPS) is 29.4. The summed E-state index contributed by atoms with van der Waals surface area (Å²) >= 11 is 0. The lowest BCUT2D eigenvalue weighted by Gasteiger charge is -2.24. The lowest BCUT2D eigenvalue weighted by molar-refractivity contribution is 0.203. The number of anilines is 1. The third kappa shape index (κ3) is 2.32. The third-order valence-corrected chi connectivity index (χ3v) is 4.46. The topological polar surface area (TPSA) is 44.4 Å². The number of carbonyl (C=O) groups is 1. The smallest absolute Gasteiger partial charge is 0.321 e. The summed E-state index contributed by atoms with van der Waals surface area (Å²) < 4.78 is 0. The molecule has 4 heteroatoms. The molecule has 4 nitrogen and oxygen atoms in total. The first-order valence-electron chi connectivity index (χ1n) is 7.00. The molecule has 0 bridgehead atoms. The van der Waals surface area contributed by atoms with E-state index in [-0.39, 0.29) is 6.03 Å². The van der Waals surface area contributed by atoms with E-state index in [2.05, 4.69) is 17.6 Å². The third-order valence-electron chi connectivity index (χ3n) is 4.46. The number of likely N-dealkylation sites (tertiary alicyclic amines) is 1. The Morgan fingerprint density at radius 1 is 1.42 bits per heavy atom. The Morgan fingerprint density at radius 3 is 3.00 bits per heavy atom. The maximum Gasteiger partial charge on any atom is 0.322 e. The van der Waals surface area contributed by atoms with Crippen molar-refractivity contribution < 1.29 is 4.79 Å². The van der Waals surface area contributed by atoms with Crippen molar-refractivity contribution in [3.8, 4) is 0 Å². The Hall–Kier alpha value is -1.55. The Labute approximate surface area is 114 Å². The fourth-order valence-electron chi connectivity index (χ4n) is 3.35. The average molecular weight is 259 g/mol. The van der Waals surface area contributed by atoms with Crippen molar-refractivity contribution in [2.75, 3.05) is 25.0 Å². The number of fused-ring (bicyclic) bond motifs is 1. The van der Waals surface area contributed by atoms with E-state index >= 15 is 0 Å². The van der Waals surface area contributed by atoms with Gasteiger partial charge in [0.2, 0.25) is 0 Å². The molecular weight excluding hydrogens is 238 g/mol. The highest BCUT2D eigenvalue weighted by molar-refractivity contribution is 5.89. The highest BCUT2D eigenvalue weighted by atomic mass is 16.2. The van der Waals surface area contributed by atoms with Gasteiger partial charge in [0.05, 0.1) is 0 Å². The number of amides is 2. The van der Waals surface area contributed by atoms with E-state index in [0.717, 1.165) is 30.9 Å². The summed E-state index contributed by atoms with van der Waals surface area (Å²) in [6.45, 7) is 7.15. The van der Waals surface area contributed by atoms with Crippen LogP contribution in [0.2, 0.25) is 0 Å². The molecule has 2 heterocycles. The summed E-state index contributed by atoms with van der Waals surface area (Å²) in [6.07, 6.45) is 0. The molecule has 3 unspecified atom stereocenters. The molecule has 1 aromatic rings. The summed E-state index contributed by atoms with van der Waals surface area (Å²) in [6, 6.07) is 8.30. The van der Waals surface area contributed by atoms with Crippen molar-refractivity contribution in [2.45, 2.75) is 19.9 Å². The minimum atomic E-state index is 0.0347. The standard InChI is InChI=1S/C15H21N3O/c1-10-4-3-5-13(6-10)17-15(19)18-9-12-7-16-8-14(12)11(18)2/h3-6,11-12,14,16H,7-9H2,1-2H3,(H,17,19). The van der Waals surface area contributed by atoms with Gasteiger partial charge in [-0.25, -0.2) is 4.79 Å². The maximum absolute atomic E-state index is 12.4. The van der Waals surface area contributed by atoms with Crippen LogP contribution in [0.4, 0.5) is 10.5 Å². The highest BCUT2D eigenvalue weighted by Gasteiger charge is 2.43. The molecule has 2 N–H and O–H groups in total. The fraction of sp³-hybridized carbons (Fsp3) is 0.533. The molecule has 2 amide bonds. The lowest BCUT2D eigenvalue weighted by atomic mass is 9.95. The van der Waals surface area contributed by atoms with E-state index in [9.17, 15) is 4.79 Å². The monoisotopic (exact) mass is 259 g/mol. The molecule has 3 atom stereocenters. The molecule has 1 aromatic carbocycles. The van der Waals surface area contributed by atoms with Crippen molar-refractivity contribution in [1.29, 1.82) is 0 Å². The van der Waals surface area contributed by atoms with E-state index in [1.165, 1.54) is 0 Å². The van der Waals surface area contributed by atoms with Crippen LogP contribution in [0, 0.1) is 18.8 Å². The minimum Gasteiger partial charge on any atom is -0.321 e. The van der Waals surface area contributed by atoms with Crippen LogP contribution in [0.5, 0.6) is 0 Å². The molecule has 19 heavy (non-hydrogen) atoms. The minimum absolute atomic E-state index is 0.0347.